The molecule has 0 radical (unpaired) electrons. The predicted molar refractivity (Wildman–Crippen MR) is 357 cm³/mol. The molecule has 1 unspecified atom stereocenters. The van der Waals surface area contributed by atoms with E-state index in [1.165, 1.54) is 199 Å². The number of rotatable bonds is 64. The van der Waals surface area contributed by atoms with Gasteiger partial charge in [0.05, 0.1) is 6.61 Å². The van der Waals surface area contributed by atoms with Crippen LogP contribution >= 0.6 is 0 Å². The summed E-state index contributed by atoms with van der Waals surface area (Å²) < 4.78 is 10.7. The van der Waals surface area contributed by atoms with E-state index >= 15 is 0 Å². The number of aliphatic hydroxyl groups is 1. The summed E-state index contributed by atoms with van der Waals surface area (Å²) in [5, 5.41) is 9.70. The van der Waals surface area contributed by atoms with Crippen LogP contribution in [-0.4, -0.2) is 36.4 Å². The number of hydrogen-bond donors (Lipinski definition) is 1. The van der Waals surface area contributed by atoms with Crippen molar-refractivity contribution in [2.45, 2.75) is 347 Å². The quantitative estimate of drug-likeness (QED) is 0.0373. The minimum Gasteiger partial charge on any atom is -0.462 e. The number of esters is 2. The summed E-state index contributed by atoms with van der Waals surface area (Å²) >= 11 is 0. The molecule has 466 valence electrons. The molecule has 1 N–H and O–H groups in total. The Morgan fingerprint density at radius 2 is 0.531 bits per heavy atom. The minimum atomic E-state index is -0.790. The molecule has 0 fully saturated rings. The van der Waals surface area contributed by atoms with Gasteiger partial charge >= 0.3 is 11.9 Å². The summed E-state index contributed by atoms with van der Waals surface area (Å²) in [5.41, 5.74) is 0. The van der Waals surface area contributed by atoms with Crippen molar-refractivity contribution >= 4 is 11.9 Å². The van der Waals surface area contributed by atoms with Gasteiger partial charge in [-0.3, -0.25) is 9.59 Å². The first-order valence-electron chi connectivity index (χ1n) is 34.9. The zero-order valence-electron chi connectivity index (χ0n) is 53.5. The standard InChI is InChI=1S/C76H132O5/c1-3-5-7-9-11-13-15-17-19-21-23-25-27-29-31-33-35-37-39-40-42-44-46-48-50-52-54-56-58-60-62-64-66-68-70-75(78)80-73-74(72-77)81-76(79)71-69-67-65-63-61-59-57-55-53-51-49-47-45-43-41-38-36-34-32-30-28-26-24-22-20-18-16-14-12-10-8-6-4-2/h6,8,12,14,18,20,24,26,30,32,36,38,43,45,49,51,55,57,74,77H,3-5,7,9-11,13,15-17,19,21-23,25,27-29,31,33-35,37,39-42,44,46-48,50,52-54,56,58-73H2,1-2H3/b8-6-,14-12-,20-18-,26-24-,32-30-,38-36-,45-43-,51-49-,57-55-. The Morgan fingerprint density at radius 3 is 0.802 bits per heavy atom. The normalized spacial score (nSPS) is 12.9. The summed E-state index contributed by atoms with van der Waals surface area (Å²) in [5.74, 6) is -0.605. The van der Waals surface area contributed by atoms with E-state index < -0.39 is 6.10 Å². The number of unbranched alkanes of at least 4 members (excludes halogenated alkanes) is 38. The largest absolute Gasteiger partial charge is 0.462 e. The monoisotopic (exact) mass is 1130 g/mol. The average molecular weight is 1130 g/mol. The minimum absolute atomic E-state index is 0.0766. The van der Waals surface area contributed by atoms with Crippen LogP contribution in [0.15, 0.2) is 109 Å². The summed E-state index contributed by atoms with van der Waals surface area (Å²) in [6, 6.07) is 0. The summed E-state index contributed by atoms with van der Waals surface area (Å²) in [7, 11) is 0. The molecule has 0 bridgehead atoms. The lowest BCUT2D eigenvalue weighted by Gasteiger charge is -2.15. The number of allylic oxidation sites excluding steroid dienone is 18. The molecule has 0 aliphatic rings. The Labute approximate surface area is 503 Å². The average Bonchev–Trinajstić information content (AvgIpc) is 3.47. The van der Waals surface area contributed by atoms with E-state index in [0.717, 1.165) is 116 Å². The number of aliphatic hydroxyl groups excluding tert-OH is 1. The molecule has 0 aromatic rings. The second-order valence-electron chi connectivity index (χ2n) is 23.2. The van der Waals surface area contributed by atoms with Crippen molar-refractivity contribution in [1.29, 1.82) is 0 Å². The molecule has 5 heteroatoms. The molecule has 5 nitrogen and oxygen atoms in total. The van der Waals surface area contributed by atoms with Gasteiger partial charge in [-0.1, -0.05) is 354 Å². The van der Waals surface area contributed by atoms with Gasteiger partial charge < -0.3 is 14.6 Å². The molecule has 0 aromatic heterocycles. The Kier molecular flexibility index (Phi) is 67.8. The Bertz CT molecular complexity index is 1560. The summed E-state index contributed by atoms with van der Waals surface area (Å²) in [6.07, 6.45) is 103. The zero-order chi connectivity index (χ0) is 58.4. The van der Waals surface area contributed by atoms with Gasteiger partial charge in [-0.05, 0) is 83.5 Å². The van der Waals surface area contributed by atoms with Crippen LogP contribution in [0.2, 0.25) is 0 Å². The fourth-order valence-electron chi connectivity index (χ4n) is 10.1. The van der Waals surface area contributed by atoms with Crippen LogP contribution in [0.25, 0.3) is 0 Å². The maximum Gasteiger partial charge on any atom is 0.306 e. The second-order valence-corrected chi connectivity index (χ2v) is 23.2. The van der Waals surface area contributed by atoms with Gasteiger partial charge in [-0.2, -0.15) is 0 Å². The number of ether oxygens (including phenoxy) is 2. The number of hydrogen-bond acceptors (Lipinski definition) is 5. The lowest BCUT2D eigenvalue weighted by Crippen LogP contribution is -2.28. The highest BCUT2D eigenvalue weighted by Gasteiger charge is 2.16. The molecule has 0 saturated heterocycles. The molecule has 0 spiro atoms. The topological polar surface area (TPSA) is 72.8 Å². The van der Waals surface area contributed by atoms with Gasteiger partial charge in [0.1, 0.15) is 6.61 Å². The van der Waals surface area contributed by atoms with Crippen molar-refractivity contribution in [1.82, 2.24) is 0 Å². The SMILES string of the molecule is CC/C=C\C/C=C\C/C=C\C/C=C\C/C=C\C/C=C\C/C=C\C/C=C\C/C=C\CCCCCCCC(=O)OC(CO)COC(=O)CCCCCCCCCCCCCCCCCCCCCCCCCCCCCCCCCCCC. The Morgan fingerprint density at radius 1 is 0.296 bits per heavy atom. The molecule has 0 aliphatic heterocycles. The van der Waals surface area contributed by atoms with Crippen LogP contribution in [0.3, 0.4) is 0 Å². The van der Waals surface area contributed by atoms with E-state index in [2.05, 4.69) is 123 Å². The third kappa shape index (κ3) is 69.0. The third-order valence-corrected chi connectivity index (χ3v) is 15.3. The molecule has 81 heavy (non-hydrogen) atoms. The lowest BCUT2D eigenvalue weighted by molar-refractivity contribution is -0.161. The Balaban J connectivity index is 3.50. The van der Waals surface area contributed by atoms with Crippen LogP contribution < -0.4 is 0 Å². The molecule has 0 rings (SSSR count). The summed E-state index contributed by atoms with van der Waals surface area (Å²) in [6.45, 7) is 4.05. The van der Waals surface area contributed by atoms with Crippen molar-refractivity contribution in [2.24, 2.45) is 0 Å². The van der Waals surface area contributed by atoms with E-state index in [1.54, 1.807) is 0 Å². The first kappa shape index (κ1) is 77.6. The molecule has 0 saturated carbocycles. The van der Waals surface area contributed by atoms with E-state index in [0.29, 0.717) is 12.8 Å². The van der Waals surface area contributed by atoms with Crippen LogP contribution in [0.4, 0.5) is 0 Å². The highest BCUT2D eigenvalue weighted by Crippen LogP contribution is 2.18. The van der Waals surface area contributed by atoms with Crippen molar-refractivity contribution in [2.75, 3.05) is 13.2 Å². The molecule has 0 amide bonds. The maximum atomic E-state index is 12.4. The van der Waals surface area contributed by atoms with Gasteiger partial charge in [0, 0.05) is 12.8 Å². The smallest absolute Gasteiger partial charge is 0.306 e. The third-order valence-electron chi connectivity index (χ3n) is 15.3. The van der Waals surface area contributed by atoms with Gasteiger partial charge in [0.2, 0.25) is 0 Å². The molecular formula is C76H132O5. The highest BCUT2D eigenvalue weighted by atomic mass is 16.6. The van der Waals surface area contributed by atoms with Crippen molar-refractivity contribution in [3.8, 4) is 0 Å². The van der Waals surface area contributed by atoms with Crippen LogP contribution in [0.1, 0.15) is 341 Å². The highest BCUT2D eigenvalue weighted by molar-refractivity contribution is 5.70. The molecule has 0 aromatic carbocycles. The van der Waals surface area contributed by atoms with Gasteiger partial charge in [-0.15, -0.1) is 0 Å². The lowest BCUT2D eigenvalue weighted by atomic mass is 10.0. The predicted octanol–water partition coefficient (Wildman–Crippen LogP) is 24.4. The van der Waals surface area contributed by atoms with Crippen LogP contribution in [0.5, 0.6) is 0 Å². The number of carbonyl (C=O) groups is 2. The second kappa shape index (κ2) is 70.8. The Hall–Kier alpha value is -3.44. The van der Waals surface area contributed by atoms with Gasteiger partial charge in [0.25, 0.3) is 0 Å². The first-order chi connectivity index (χ1) is 40.1. The van der Waals surface area contributed by atoms with E-state index in [4.69, 9.17) is 9.47 Å². The maximum absolute atomic E-state index is 12.4. The van der Waals surface area contributed by atoms with Crippen molar-refractivity contribution in [3.63, 3.8) is 0 Å². The molecule has 0 aliphatic carbocycles. The first-order valence-corrected chi connectivity index (χ1v) is 34.9. The fraction of sp³-hybridized carbons (Fsp3) is 0.737. The van der Waals surface area contributed by atoms with E-state index in [-0.39, 0.29) is 25.2 Å². The van der Waals surface area contributed by atoms with Gasteiger partial charge in [0.15, 0.2) is 6.10 Å². The van der Waals surface area contributed by atoms with Crippen LogP contribution in [-0.2, 0) is 19.1 Å². The number of carbonyl (C=O) groups excluding carboxylic acids is 2. The zero-order valence-corrected chi connectivity index (χ0v) is 53.5. The molecule has 0 heterocycles. The fourth-order valence-corrected chi connectivity index (χ4v) is 10.1. The van der Waals surface area contributed by atoms with Gasteiger partial charge in [-0.25, -0.2) is 0 Å². The van der Waals surface area contributed by atoms with E-state index in [1.807, 2.05) is 0 Å². The van der Waals surface area contributed by atoms with Crippen molar-refractivity contribution < 1.29 is 24.2 Å². The van der Waals surface area contributed by atoms with E-state index in [9.17, 15) is 14.7 Å². The summed E-state index contributed by atoms with van der Waals surface area (Å²) in [4.78, 5) is 24.6. The molecular weight excluding hydrogens is 993 g/mol. The molecule has 1 atom stereocenters. The van der Waals surface area contributed by atoms with Crippen LogP contribution in [0, 0.1) is 0 Å². The van der Waals surface area contributed by atoms with Crippen molar-refractivity contribution in [3.05, 3.63) is 109 Å².